The van der Waals surface area contributed by atoms with Crippen molar-refractivity contribution in [3.63, 3.8) is 0 Å². The fraction of sp³-hybridized carbons (Fsp3) is 0.409. The number of halogens is 1. The normalized spacial score (nSPS) is 15.5. The van der Waals surface area contributed by atoms with Crippen molar-refractivity contribution in [1.29, 1.82) is 0 Å². The second-order valence-electron chi connectivity index (χ2n) is 7.13. The molecule has 0 bridgehead atoms. The van der Waals surface area contributed by atoms with Gasteiger partial charge in [-0.2, -0.15) is 0 Å². The van der Waals surface area contributed by atoms with E-state index in [0.717, 1.165) is 25.9 Å². The molecule has 2 N–H and O–H groups in total. The largest absolute Gasteiger partial charge is 0.497 e. The van der Waals surface area contributed by atoms with Gasteiger partial charge in [0.15, 0.2) is 18.5 Å². The lowest BCUT2D eigenvalue weighted by molar-refractivity contribution is -0.0170. The van der Waals surface area contributed by atoms with E-state index in [1.807, 2.05) is 0 Å². The van der Waals surface area contributed by atoms with E-state index in [1.54, 1.807) is 55.9 Å². The molecule has 0 saturated carbocycles. The molecule has 1 aliphatic rings. The number of hydrogen-bond acceptors (Lipinski definition) is 7. The molecule has 168 valence electrons. The van der Waals surface area contributed by atoms with Crippen LogP contribution in [0, 0.1) is 0 Å². The summed E-state index contributed by atoms with van der Waals surface area (Å²) in [5.41, 5.74) is 7.06. The van der Waals surface area contributed by atoms with Gasteiger partial charge in [0.05, 0.1) is 12.7 Å². The van der Waals surface area contributed by atoms with Gasteiger partial charge in [-0.3, -0.25) is 9.88 Å². The van der Waals surface area contributed by atoms with Crippen LogP contribution in [0.25, 0.3) is 0 Å². The van der Waals surface area contributed by atoms with Crippen molar-refractivity contribution < 1.29 is 19.1 Å². The summed E-state index contributed by atoms with van der Waals surface area (Å²) < 4.78 is 10.9. The van der Waals surface area contributed by atoms with E-state index in [1.165, 1.54) is 6.42 Å². The van der Waals surface area contributed by atoms with Crippen LogP contribution in [-0.4, -0.2) is 61.1 Å². The molecule has 2 heterocycles. The monoisotopic (exact) mass is 448 g/mol. The van der Waals surface area contributed by atoms with E-state index >= 15 is 0 Å². The summed E-state index contributed by atoms with van der Waals surface area (Å²) in [5, 5.41) is 3.96. The molecule has 3 rings (SSSR count). The molecule has 9 heteroatoms. The molecular weight excluding hydrogens is 420 g/mol. The maximum atomic E-state index is 12.6. The predicted molar refractivity (Wildman–Crippen MR) is 121 cm³/mol. The predicted octanol–water partition coefficient (Wildman–Crippen LogP) is 2.86. The van der Waals surface area contributed by atoms with Gasteiger partial charge >= 0.3 is 5.97 Å². The molecule has 8 nitrogen and oxygen atoms in total. The zero-order chi connectivity index (χ0) is 21.2. The van der Waals surface area contributed by atoms with Crippen LogP contribution in [0.5, 0.6) is 5.75 Å². The number of carbonyl (C=O) groups is 1. The molecule has 1 aliphatic heterocycles. The first-order valence-corrected chi connectivity index (χ1v) is 10.1. The van der Waals surface area contributed by atoms with E-state index in [2.05, 4.69) is 15.0 Å². The molecule has 0 amide bonds. The number of amidine groups is 1. The molecule has 1 atom stereocenters. The highest BCUT2D eigenvalue weighted by Crippen LogP contribution is 2.15. The molecule has 1 unspecified atom stereocenters. The number of hydrogen-bond donors (Lipinski definition) is 1. The number of carbonyl (C=O) groups excluding carboxylic acids is 1. The van der Waals surface area contributed by atoms with E-state index in [9.17, 15) is 4.79 Å². The Kier molecular flexibility index (Phi) is 10.1. The number of nitrogens with zero attached hydrogens (tertiary/aromatic N) is 3. The number of pyridine rings is 1. The van der Waals surface area contributed by atoms with Crippen molar-refractivity contribution in [2.24, 2.45) is 10.9 Å². The smallest absolute Gasteiger partial charge is 0.338 e. The molecule has 1 aromatic carbocycles. The van der Waals surface area contributed by atoms with Gasteiger partial charge in [-0.25, -0.2) is 4.79 Å². The van der Waals surface area contributed by atoms with Crippen molar-refractivity contribution in [2.75, 3.05) is 33.4 Å². The molecular formula is C22H29ClN4O4. The Balaban J connectivity index is 0.00000341. The summed E-state index contributed by atoms with van der Waals surface area (Å²) in [6, 6.07) is 10.4. The third kappa shape index (κ3) is 7.73. The van der Waals surface area contributed by atoms with Crippen LogP contribution in [0.1, 0.15) is 35.2 Å². The molecule has 1 saturated heterocycles. The number of nitrogens with two attached hydrogens (primary N) is 1. The van der Waals surface area contributed by atoms with Crippen LogP contribution >= 0.6 is 12.4 Å². The number of benzene rings is 1. The van der Waals surface area contributed by atoms with Crippen molar-refractivity contribution in [3.05, 3.63) is 59.9 Å². The second-order valence-corrected chi connectivity index (χ2v) is 7.13. The Bertz CT molecular complexity index is 827. The number of piperidine rings is 1. The molecule has 1 aromatic heterocycles. The van der Waals surface area contributed by atoms with Crippen LogP contribution in [0.15, 0.2) is 53.9 Å². The quantitative estimate of drug-likeness (QED) is 0.272. The zero-order valence-electron chi connectivity index (χ0n) is 17.6. The van der Waals surface area contributed by atoms with Crippen molar-refractivity contribution in [3.8, 4) is 5.75 Å². The minimum Gasteiger partial charge on any atom is -0.497 e. The Hall–Kier alpha value is -2.84. The third-order valence-electron chi connectivity index (χ3n) is 4.89. The average Bonchev–Trinajstić information content (AvgIpc) is 2.80. The fourth-order valence-corrected chi connectivity index (χ4v) is 3.26. The topological polar surface area (TPSA) is 99.3 Å². The highest BCUT2D eigenvalue weighted by atomic mass is 35.5. The van der Waals surface area contributed by atoms with Crippen LogP contribution in [0.4, 0.5) is 0 Å². The first-order chi connectivity index (χ1) is 14.7. The van der Waals surface area contributed by atoms with Gasteiger partial charge in [0.2, 0.25) is 0 Å². The minimum atomic E-state index is -0.469. The summed E-state index contributed by atoms with van der Waals surface area (Å²) >= 11 is 0. The highest BCUT2D eigenvalue weighted by Gasteiger charge is 2.22. The number of aromatic nitrogens is 1. The zero-order valence-corrected chi connectivity index (χ0v) is 18.4. The fourth-order valence-electron chi connectivity index (χ4n) is 3.26. The first-order valence-electron chi connectivity index (χ1n) is 10.1. The highest BCUT2D eigenvalue weighted by molar-refractivity contribution is 5.96. The Labute approximate surface area is 188 Å². The lowest BCUT2D eigenvalue weighted by Gasteiger charge is -2.29. The van der Waals surface area contributed by atoms with Gasteiger partial charge < -0.3 is 20.0 Å². The van der Waals surface area contributed by atoms with E-state index in [-0.39, 0.29) is 24.8 Å². The molecule has 2 aromatic rings. The third-order valence-corrected chi connectivity index (χ3v) is 4.89. The molecule has 0 radical (unpaired) electrons. The lowest BCUT2D eigenvalue weighted by atomic mass is 10.1. The van der Waals surface area contributed by atoms with Gasteiger partial charge in [0, 0.05) is 24.5 Å². The summed E-state index contributed by atoms with van der Waals surface area (Å²) in [6.45, 7) is 2.67. The Morgan fingerprint density at radius 1 is 1.16 bits per heavy atom. The number of rotatable bonds is 9. The standard InChI is InChI=1S/C22H28N4O4.ClH/c1-28-19-9-7-17(8-10-19)22(27)30-20(15-26-12-3-2-4-13-26)16-29-25-21(23)18-6-5-11-24-14-18;/h5-11,14,20H,2-4,12-13,15-16H2,1H3,(H2,23,25);1H. The van der Waals surface area contributed by atoms with Crippen LogP contribution < -0.4 is 10.5 Å². The maximum Gasteiger partial charge on any atom is 0.338 e. The Morgan fingerprint density at radius 3 is 2.55 bits per heavy atom. The molecule has 1 fully saturated rings. The van der Waals surface area contributed by atoms with Gasteiger partial charge in [-0.05, 0) is 62.3 Å². The molecule has 31 heavy (non-hydrogen) atoms. The van der Waals surface area contributed by atoms with Crippen molar-refractivity contribution in [2.45, 2.75) is 25.4 Å². The number of esters is 1. The summed E-state index contributed by atoms with van der Waals surface area (Å²) in [5.74, 6) is 0.494. The van der Waals surface area contributed by atoms with Crippen LogP contribution in [-0.2, 0) is 9.57 Å². The second kappa shape index (κ2) is 12.8. The minimum absolute atomic E-state index is 0. The number of likely N-dealkylation sites (tertiary alicyclic amines) is 1. The van der Waals surface area contributed by atoms with Crippen molar-refractivity contribution >= 4 is 24.2 Å². The molecule has 0 spiro atoms. The average molecular weight is 449 g/mol. The molecule has 0 aliphatic carbocycles. The maximum absolute atomic E-state index is 12.6. The van der Waals surface area contributed by atoms with Crippen LogP contribution in [0.3, 0.4) is 0 Å². The van der Waals surface area contributed by atoms with Gasteiger partial charge in [0.1, 0.15) is 5.75 Å². The van der Waals surface area contributed by atoms with Crippen molar-refractivity contribution in [1.82, 2.24) is 9.88 Å². The summed E-state index contributed by atoms with van der Waals surface area (Å²) in [7, 11) is 1.58. The summed E-state index contributed by atoms with van der Waals surface area (Å²) in [4.78, 5) is 24.3. The van der Waals surface area contributed by atoms with Gasteiger partial charge in [-0.15, -0.1) is 12.4 Å². The number of oxime groups is 1. The van der Waals surface area contributed by atoms with E-state index < -0.39 is 12.1 Å². The number of methoxy groups -OCH3 is 1. The lowest BCUT2D eigenvalue weighted by Crippen LogP contribution is -2.40. The van der Waals surface area contributed by atoms with Gasteiger partial charge in [-0.1, -0.05) is 11.6 Å². The van der Waals surface area contributed by atoms with E-state index in [4.69, 9.17) is 20.0 Å². The Morgan fingerprint density at radius 2 is 1.90 bits per heavy atom. The number of ether oxygens (including phenoxy) is 2. The van der Waals surface area contributed by atoms with Crippen LogP contribution in [0.2, 0.25) is 0 Å². The SMILES string of the molecule is COc1ccc(C(=O)OC(CO/N=C(/N)c2cccnc2)CN2CCCCC2)cc1.Cl. The van der Waals surface area contributed by atoms with Gasteiger partial charge in [0.25, 0.3) is 0 Å². The first kappa shape index (κ1) is 24.4. The van der Waals surface area contributed by atoms with E-state index in [0.29, 0.717) is 23.4 Å². The summed E-state index contributed by atoms with van der Waals surface area (Å²) in [6.07, 6.45) is 6.32.